The Morgan fingerprint density at radius 1 is 1.53 bits per heavy atom. The van der Waals surface area contributed by atoms with E-state index in [0.29, 0.717) is 4.34 Å². The van der Waals surface area contributed by atoms with Crippen molar-refractivity contribution < 1.29 is 4.92 Å². The summed E-state index contributed by atoms with van der Waals surface area (Å²) in [5.41, 5.74) is 6.11. The van der Waals surface area contributed by atoms with Gasteiger partial charge in [0.1, 0.15) is 6.20 Å². The molecule has 2 heterocycles. The minimum absolute atomic E-state index is 0.00591. The second-order valence-corrected chi connectivity index (χ2v) is 5.13. The van der Waals surface area contributed by atoms with E-state index in [1.165, 1.54) is 11.3 Å². The molecule has 0 spiro atoms. The van der Waals surface area contributed by atoms with E-state index in [1.54, 1.807) is 0 Å². The normalized spacial score (nSPS) is 10.4. The average Bonchev–Trinajstić information content (AvgIpc) is 2.63. The maximum atomic E-state index is 10.8. The van der Waals surface area contributed by atoms with E-state index >= 15 is 0 Å². The number of nitro groups is 1. The van der Waals surface area contributed by atoms with Crippen LogP contribution in [0.15, 0.2) is 20.9 Å². The molecule has 9 heteroatoms. The first-order chi connectivity index (χ1) is 8.06. The molecule has 0 atom stereocenters. The monoisotopic (exact) mass is 269 g/mol. The molecule has 2 aromatic heterocycles. The molecule has 0 saturated carbocycles. The van der Waals surface area contributed by atoms with Gasteiger partial charge in [-0.3, -0.25) is 10.1 Å². The van der Waals surface area contributed by atoms with Gasteiger partial charge in [0.15, 0.2) is 9.37 Å². The Balaban J connectivity index is 2.37. The lowest BCUT2D eigenvalue weighted by Gasteiger charge is -1.99. The van der Waals surface area contributed by atoms with Gasteiger partial charge in [-0.05, 0) is 18.7 Å². The molecular weight excluding hydrogens is 262 g/mol. The highest BCUT2D eigenvalue weighted by molar-refractivity contribution is 8.01. The minimum atomic E-state index is -0.539. The predicted octanol–water partition coefficient (Wildman–Crippen LogP) is 1.88. The highest BCUT2D eigenvalue weighted by Crippen LogP contribution is 2.34. The van der Waals surface area contributed by atoms with Crippen molar-refractivity contribution in [2.45, 2.75) is 16.3 Å². The molecule has 0 fully saturated rings. The number of hydrogen-bond acceptors (Lipinski definition) is 8. The van der Waals surface area contributed by atoms with Crippen LogP contribution in [0.5, 0.6) is 0 Å². The van der Waals surface area contributed by atoms with Crippen molar-refractivity contribution in [2.75, 3.05) is 5.73 Å². The fourth-order valence-electron chi connectivity index (χ4n) is 1.03. The first-order valence-electron chi connectivity index (χ1n) is 4.43. The van der Waals surface area contributed by atoms with Crippen molar-refractivity contribution in [2.24, 2.45) is 0 Å². The van der Waals surface area contributed by atoms with E-state index in [0.717, 1.165) is 23.7 Å². The average molecular weight is 269 g/mol. The zero-order valence-corrected chi connectivity index (χ0v) is 10.3. The van der Waals surface area contributed by atoms with Crippen LogP contribution in [0.3, 0.4) is 0 Å². The summed E-state index contributed by atoms with van der Waals surface area (Å²) in [6.07, 6.45) is 1.10. The Morgan fingerprint density at radius 3 is 2.88 bits per heavy atom. The molecule has 0 saturated heterocycles. The van der Waals surface area contributed by atoms with Gasteiger partial charge >= 0.3 is 5.69 Å². The molecule has 0 aromatic carbocycles. The Labute approximate surface area is 104 Å². The number of thiazole rings is 1. The van der Waals surface area contributed by atoms with Gasteiger partial charge in [-0.2, -0.15) is 4.98 Å². The van der Waals surface area contributed by atoms with Crippen LogP contribution in [0.25, 0.3) is 0 Å². The van der Waals surface area contributed by atoms with Crippen LogP contribution in [-0.4, -0.2) is 19.9 Å². The molecule has 0 aliphatic rings. The van der Waals surface area contributed by atoms with Crippen LogP contribution in [0.1, 0.15) is 5.69 Å². The highest BCUT2D eigenvalue weighted by Gasteiger charge is 2.18. The summed E-state index contributed by atoms with van der Waals surface area (Å²) in [5, 5.41) is 12.8. The molecule has 7 nitrogen and oxygen atoms in total. The number of aromatic nitrogens is 3. The smallest absolute Gasteiger partial charge is 0.320 e. The number of anilines is 1. The lowest BCUT2D eigenvalue weighted by atomic mass is 10.5. The molecule has 2 aromatic rings. The van der Waals surface area contributed by atoms with Crippen molar-refractivity contribution >= 4 is 34.7 Å². The van der Waals surface area contributed by atoms with Gasteiger partial charge in [0.2, 0.25) is 5.95 Å². The number of rotatable bonds is 3. The van der Waals surface area contributed by atoms with E-state index in [9.17, 15) is 10.1 Å². The predicted molar refractivity (Wildman–Crippen MR) is 64.1 cm³/mol. The lowest BCUT2D eigenvalue weighted by molar-refractivity contribution is -0.388. The topological polar surface area (TPSA) is 108 Å². The van der Waals surface area contributed by atoms with Crippen LogP contribution in [0.4, 0.5) is 11.6 Å². The van der Waals surface area contributed by atoms with Gasteiger partial charge < -0.3 is 5.73 Å². The molecule has 0 amide bonds. The van der Waals surface area contributed by atoms with Gasteiger partial charge in [-0.25, -0.2) is 9.97 Å². The molecular formula is C8H7N5O2S2. The standard InChI is InChI=1S/C8H7N5O2S2/c1-4-3-16-8(11-4)17-6-5(13(14)15)2-10-7(9)12-6/h2-3H,1H3,(H2,9,10,12). The maximum absolute atomic E-state index is 10.8. The number of nitrogens with zero attached hydrogens (tertiary/aromatic N) is 4. The SMILES string of the molecule is Cc1csc(Sc2nc(N)ncc2[N+](=O)[O-])n1. The van der Waals surface area contributed by atoms with E-state index in [1.807, 2.05) is 12.3 Å². The van der Waals surface area contributed by atoms with E-state index < -0.39 is 4.92 Å². The van der Waals surface area contributed by atoms with Crippen molar-refractivity contribution in [3.63, 3.8) is 0 Å². The highest BCUT2D eigenvalue weighted by atomic mass is 32.2. The van der Waals surface area contributed by atoms with Crippen molar-refractivity contribution in [3.8, 4) is 0 Å². The second-order valence-electron chi connectivity index (χ2n) is 3.03. The van der Waals surface area contributed by atoms with Crippen LogP contribution in [0, 0.1) is 17.0 Å². The van der Waals surface area contributed by atoms with E-state index in [4.69, 9.17) is 5.73 Å². The van der Waals surface area contributed by atoms with Crippen molar-refractivity contribution in [3.05, 3.63) is 27.4 Å². The largest absolute Gasteiger partial charge is 0.368 e. The zero-order valence-electron chi connectivity index (χ0n) is 8.65. The molecule has 17 heavy (non-hydrogen) atoms. The third-order valence-electron chi connectivity index (χ3n) is 1.73. The Kier molecular flexibility index (Phi) is 3.20. The van der Waals surface area contributed by atoms with Crippen molar-refractivity contribution in [1.82, 2.24) is 15.0 Å². The maximum Gasteiger partial charge on any atom is 0.320 e. The minimum Gasteiger partial charge on any atom is -0.368 e. The molecule has 2 rings (SSSR count). The summed E-state index contributed by atoms with van der Waals surface area (Å²) in [6.45, 7) is 1.85. The summed E-state index contributed by atoms with van der Waals surface area (Å²) in [6, 6.07) is 0. The molecule has 0 bridgehead atoms. The molecule has 0 aliphatic carbocycles. The number of nitrogen functional groups attached to an aromatic ring is 1. The van der Waals surface area contributed by atoms with Gasteiger partial charge in [0, 0.05) is 11.1 Å². The van der Waals surface area contributed by atoms with Crippen LogP contribution >= 0.6 is 23.1 Å². The van der Waals surface area contributed by atoms with E-state index in [2.05, 4.69) is 15.0 Å². The third kappa shape index (κ3) is 2.68. The molecule has 0 unspecified atom stereocenters. The summed E-state index contributed by atoms with van der Waals surface area (Å²) in [5.74, 6) is 0.00591. The van der Waals surface area contributed by atoms with Crippen LogP contribution in [-0.2, 0) is 0 Å². The van der Waals surface area contributed by atoms with Gasteiger partial charge in [0.05, 0.1) is 4.92 Å². The summed E-state index contributed by atoms with van der Waals surface area (Å²) in [7, 11) is 0. The first kappa shape index (κ1) is 11.7. The van der Waals surface area contributed by atoms with Crippen LogP contribution < -0.4 is 5.73 Å². The quantitative estimate of drug-likeness (QED) is 0.514. The lowest BCUT2D eigenvalue weighted by Crippen LogP contribution is -2.00. The molecule has 2 N–H and O–H groups in total. The van der Waals surface area contributed by atoms with E-state index in [-0.39, 0.29) is 16.7 Å². The van der Waals surface area contributed by atoms with Crippen LogP contribution in [0.2, 0.25) is 0 Å². The third-order valence-corrected chi connectivity index (χ3v) is 3.78. The number of hydrogen-bond donors (Lipinski definition) is 1. The zero-order chi connectivity index (χ0) is 12.4. The van der Waals surface area contributed by atoms with Gasteiger partial charge in [-0.1, -0.05) is 0 Å². The summed E-state index contributed by atoms with van der Waals surface area (Å²) >= 11 is 2.51. The fraction of sp³-hybridized carbons (Fsp3) is 0.125. The number of aryl methyl sites for hydroxylation is 1. The Hall–Kier alpha value is -1.74. The first-order valence-corrected chi connectivity index (χ1v) is 6.13. The second kappa shape index (κ2) is 4.63. The Bertz CT molecular complexity index is 571. The van der Waals surface area contributed by atoms with Gasteiger partial charge in [-0.15, -0.1) is 11.3 Å². The van der Waals surface area contributed by atoms with Crippen molar-refractivity contribution in [1.29, 1.82) is 0 Å². The van der Waals surface area contributed by atoms with Gasteiger partial charge in [0.25, 0.3) is 0 Å². The molecule has 0 aliphatic heterocycles. The molecule has 0 radical (unpaired) electrons. The summed E-state index contributed by atoms with van der Waals surface area (Å²) < 4.78 is 0.684. The fourth-order valence-corrected chi connectivity index (χ4v) is 2.86. The number of nitrogens with two attached hydrogens (primary N) is 1. The summed E-state index contributed by atoms with van der Waals surface area (Å²) in [4.78, 5) is 21.9. The molecule has 88 valence electrons. The Morgan fingerprint density at radius 2 is 2.29 bits per heavy atom.